The molecular weight excluding hydrogens is 326 g/mol. The molecule has 21 heavy (non-hydrogen) atoms. The molecule has 0 heterocycles. The van der Waals surface area contributed by atoms with Gasteiger partial charge in [0, 0.05) is 11.6 Å². The van der Waals surface area contributed by atoms with Crippen LogP contribution in [0.1, 0.15) is 11.1 Å². The molecule has 1 aromatic rings. The monoisotopic (exact) mass is 329 g/mol. The third-order valence-corrected chi connectivity index (χ3v) is 2.34. The highest BCUT2D eigenvalue weighted by molar-refractivity contribution is 5.38. The molecule has 1 nitrogen and oxygen atoms in total. The summed E-state index contributed by atoms with van der Waals surface area (Å²) in [7, 11) is 0. The zero-order valence-corrected chi connectivity index (χ0v) is 9.38. The van der Waals surface area contributed by atoms with Crippen LogP contribution in [0.5, 0.6) is 5.75 Å². The van der Waals surface area contributed by atoms with Gasteiger partial charge in [0.25, 0.3) is 0 Å². The van der Waals surface area contributed by atoms with Crippen molar-refractivity contribution in [2.75, 3.05) is 0 Å². The van der Waals surface area contributed by atoms with Crippen molar-refractivity contribution < 1.29 is 49.0 Å². The molecule has 0 spiro atoms. The summed E-state index contributed by atoms with van der Waals surface area (Å²) in [6, 6.07) is -0.0362. The standard InChI is InChI=1S/C10H3F10O/c11-7(9(15,16)17,10(18,19)20)4-1-5(8(12,13)14)3-6(21)2-4/h1-2,21H. The fourth-order valence-electron chi connectivity index (χ4n) is 1.39. The number of hydrogen-bond donors (Lipinski definition) is 1. The summed E-state index contributed by atoms with van der Waals surface area (Å²) in [6.07, 6.45) is -18.6. The third kappa shape index (κ3) is 3.00. The Labute approximate surface area is 109 Å². The van der Waals surface area contributed by atoms with Crippen LogP contribution < -0.4 is 0 Å². The predicted octanol–water partition coefficient (Wildman–Crippen LogP) is 4.50. The minimum atomic E-state index is -6.58. The van der Waals surface area contributed by atoms with E-state index in [0.29, 0.717) is 0 Å². The summed E-state index contributed by atoms with van der Waals surface area (Å²) in [5.74, 6) is -1.71. The maximum absolute atomic E-state index is 13.5. The Balaban J connectivity index is 3.66. The maximum Gasteiger partial charge on any atom is 0.435 e. The molecule has 0 saturated heterocycles. The maximum atomic E-state index is 13.5. The van der Waals surface area contributed by atoms with Gasteiger partial charge in [0.15, 0.2) is 0 Å². The molecule has 119 valence electrons. The highest BCUT2D eigenvalue weighted by atomic mass is 19.4. The average molecular weight is 329 g/mol. The first-order chi connectivity index (χ1) is 9.10. The third-order valence-electron chi connectivity index (χ3n) is 2.34. The van der Waals surface area contributed by atoms with Crippen LogP contribution in [0.2, 0.25) is 0 Å². The van der Waals surface area contributed by atoms with Gasteiger partial charge in [0.1, 0.15) is 5.75 Å². The Hall–Kier alpha value is -1.68. The summed E-state index contributed by atoms with van der Waals surface area (Å²) in [4.78, 5) is 0. The van der Waals surface area contributed by atoms with Crippen LogP contribution in [0, 0.1) is 6.07 Å². The zero-order chi connectivity index (χ0) is 16.9. The van der Waals surface area contributed by atoms with Crippen LogP contribution in [0.4, 0.5) is 43.9 Å². The van der Waals surface area contributed by atoms with Crippen LogP contribution >= 0.6 is 0 Å². The van der Waals surface area contributed by atoms with E-state index in [1.54, 1.807) is 0 Å². The fourth-order valence-corrected chi connectivity index (χ4v) is 1.39. The van der Waals surface area contributed by atoms with Crippen molar-refractivity contribution in [2.45, 2.75) is 24.2 Å². The number of hydrogen-bond acceptors (Lipinski definition) is 1. The topological polar surface area (TPSA) is 20.2 Å². The van der Waals surface area contributed by atoms with Gasteiger partial charge < -0.3 is 5.11 Å². The number of phenols is 1. The molecular formula is C10H3F10O. The Kier molecular flexibility index (Phi) is 3.86. The number of rotatable bonds is 1. The fraction of sp³-hybridized carbons (Fsp3) is 0.400. The summed E-state index contributed by atoms with van der Waals surface area (Å²) >= 11 is 0. The van der Waals surface area contributed by atoms with Crippen LogP contribution in [0.3, 0.4) is 0 Å². The normalized spacial score (nSPS) is 14.4. The first kappa shape index (κ1) is 17.4. The molecule has 0 saturated carbocycles. The number of halogens is 10. The van der Waals surface area contributed by atoms with Crippen LogP contribution in [0.15, 0.2) is 12.1 Å². The lowest BCUT2D eigenvalue weighted by Crippen LogP contribution is -2.50. The minimum Gasteiger partial charge on any atom is -0.507 e. The van der Waals surface area contributed by atoms with Crippen molar-refractivity contribution in [3.8, 4) is 5.75 Å². The van der Waals surface area contributed by atoms with Gasteiger partial charge in [0.2, 0.25) is 0 Å². The molecule has 1 rings (SSSR count). The molecule has 1 aromatic carbocycles. The smallest absolute Gasteiger partial charge is 0.435 e. The summed E-state index contributed by atoms with van der Waals surface area (Å²) in [5.41, 5.74) is -10.7. The average Bonchev–Trinajstić information content (AvgIpc) is 2.22. The first-order valence-corrected chi connectivity index (χ1v) is 4.77. The van der Waals surface area contributed by atoms with E-state index in [9.17, 15) is 43.9 Å². The lowest BCUT2D eigenvalue weighted by molar-refractivity contribution is -0.348. The number of phenolic OH excluding ortho intramolecular Hbond substituents is 1. The van der Waals surface area contributed by atoms with Gasteiger partial charge in [-0.3, -0.25) is 0 Å². The van der Waals surface area contributed by atoms with Crippen LogP contribution in [-0.2, 0) is 11.8 Å². The minimum absolute atomic E-state index is 0.420. The summed E-state index contributed by atoms with van der Waals surface area (Å²) in [6.45, 7) is 0. The zero-order valence-electron chi connectivity index (χ0n) is 9.38. The van der Waals surface area contributed by atoms with Crippen molar-refractivity contribution in [3.05, 3.63) is 29.3 Å². The molecule has 11 heteroatoms. The second kappa shape index (κ2) is 4.67. The van der Waals surface area contributed by atoms with Crippen molar-refractivity contribution in [3.63, 3.8) is 0 Å². The molecule has 0 amide bonds. The van der Waals surface area contributed by atoms with Crippen molar-refractivity contribution in [1.29, 1.82) is 0 Å². The van der Waals surface area contributed by atoms with Crippen molar-refractivity contribution in [1.82, 2.24) is 0 Å². The highest BCUT2D eigenvalue weighted by Gasteiger charge is 2.73. The van der Waals surface area contributed by atoms with E-state index in [1.165, 1.54) is 0 Å². The second-order valence-electron chi connectivity index (χ2n) is 3.82. The van der Waals surface area contributed by atoms with Gasteiger partial charge in [-0.15, -0.1) is 0 Å². The lowest BCUT2D eigenvalue weighted by Gasteiger charge is -2.30. The van der Waals surface area contributed by atoms with E-state index in [2.05, 4.69) is 0 Å². The Bertz CT molecular complexity index is 510. The molecule has 0 atom stereocenters. The lowest BCUT2D eigenvalue weighted by atomic mass is 9.92. The highest BCUT2D eigenvalue weighted by Crippen LogP contribution is 2.54. The molecule has 0 aliphatic carbocycles. The molecule has 0 aliphatic heterocycles. The molecule has 0 unspecified atom stereocenters. The predicted molar refractivity (Wildman–Crippen MR) is 46.8 cm³/mol. The molecule has 0 fully saturated rings. The van der Waals surface area contributed by atoms with E-state index in [1.807, 2.05) is 0 Å². The van der Waals surface area contributed by atoms with Gasteiger partial charge >= 0.3 is 24.2 Å². The van der Waals surface area contributed by atoms with Gasteiger partial charge in [-0.2, -0.15) is 39.5 Å². The van der Waals surface area contributed by atoms with Gasteiger partial charge in [-0.1, -0.05) is 0 Å². The molecule has 0 bridgehead atoms. The Morgan fingerprint density at radius 3 is 1.52 bits per heavy atom. The molecule has 0 aliphatic rings. The van der Waals surface area contributed by atoms with Crippen molar-refractivity contribution in [2.24, 2.45) is 0 Å². The number of benzene rings is 1. The number of alkyl halides is 10. The van der Waals surface area contributed by atoms with Gasteiger partial charge in [-0.05, 0) is 12.1 Å². The van der Waals surface area contributed by atoms with Crippen LogP contribution in [-0.4, -0.2) is 17.5 Å². The number of aromatic hydroxyl groups is 1. The SMILES string of the molecule is Oc1[c]c(C(F)(F)F)cc(C(F)(C(F)(F)F)C(F)(F)F)c1. The summed E-state index contributed by atoms with van der Waals surface area (Å²) in [5, 5.41) is 8.80. The molecule has 1 N–H and O–H groups in total. The second-order valence-corrected chi connectivity index (χ2v) is 3.82. The van der Waals surface area contributed by atoms with E-state index in [0.717, 1.165) is 6.07 Å². The summed E-state index contributed by atoms with van der Waals surface area (Å²) < 4.78 is 125. The van der Waals surface area contributed by atoms with E-state index in [4.69, 9.17) is 5.11 Å². The largest absolute Gasteiger partial charge is 0.507 e. The van der Waals surface area contributed by atoms with E-state index >= 15 is 0 Å². The molecule has 1 radical (unpaired) electrons. The molecule has 0 aromatic heterocycles. The Morgan fingerprint density at radius 1 is 0.762 bits per heavy atom. The van der Waals surface area contributed by atoms with E-state index < -0.39 is 53.2 Å². The Morgan fingerprint density at radius 2 is 1.19 bits per heavy atom. The quantitative estimate of drug-likeness (QED) is 0.752. The van der Waals surface area contributed by atoms with E-state index in [-0.39, 0.29) is 0 Å². The van der Waals surface area contributed by atoms with Crippen LogP contribution in [0.25, 0.3) is 0 Å². The van der Waals surface area contributed by atoms with Gasteiger partial charge in [-0.25, -0.2) is 4.39 Å². The van der Waals surface area contributed by atoms with Crippen molar-refractivity contribution >= 4 is 0 Å². The first-order valence-electron chi connectivity index (χ1n) is 4.77. The van der Waals surface area contributed by atoms with Gasteiger partial charge in [0.05, 0.1) is 5.56 Å².